The maximum absolute atomic E-state index is 11.4. The summed E-state index contributed by atoms with van der Waals surface area (Å²) in [7, 11) is 1.72. The van der Waals surface area contributed by atoms with Gasteiger partial charge in [0.05, 0.1) is 18.1 Å². The Morgan fingerprint density at radius 1 is 1.18 bits per heavy atom. The van der Waals surface area contributed by atoms with Gasteiger partial charge in [-0.1, -0.05) is 35.9 Å². The van der Waals surface area contributed by atoms with Crippen LogP contribution < -0.4 is 11.5 Å². The zero-order chi connectivity index (χ0) is 16.1. The molecule has 0 radical (unpaired) electrons. The molecule has 0 aliphatic carbocycles. The third kappa shape index (κ3) is 3.25. The highest BCUT2D eigenvalue weighted by molar-refractivity contribution is 5.80. The second-order valence-corrected chi connectivity index (χ2v) is 4.84. The van der Waals surface area contributed by atoms with Crippen LogP contribution in [0.3, 0.4) is 0 Å². The number of nitrogens with zero attached hydrogens (tertiary/aromatic N) is 2. The topological polar surface area (TPSA) is 85.0 Å². The third-order valence-electron chi connectivity index (χ3n) is 3.27. The average Bonchev–Trinajstić information content (AvgIpc) is 2.83. The Morgan fingerprint density at radius 3 is 2.36 bits per heavy atom. The second kappa shape index (κ2) is 6.74. The third-order valence-corrected chi connectivity index (χ3v) is 3.27. The maximum Gasteiger partial charge on any atom is 0.419 e. The van der Waals surface area contributed by atoms with E-state index in [1.54, 1.807) is 13.1 Å². The Hall–Kier alpha value is -2.84. The average molecular weight is 295 g/mol. The van der Waals surface area contributed by atoms with Crippen LogP contribution in [0, 0.1) is 18.3 Å². The maximum atomic E-state index is 11.4. The predicted octanol–water partition coefficient (Wildman–Crippen LogP) is 2.58. The highest BCUT2D eigenvalue weighted by Gasteiger charge is 2.07. The first kappa shape index (κ1) is 15.5. The molecule has 0 spiro atoms. The van der Waals surface area contributed by atoms with Crippen LogP contribution in [0.1, 0.15) is 5.56 Å². The van der Waals surface area contributed by atoms with E-state index in [-0.39, 0.29) is 12.3 Å². The van der Waals surface area contributed by atoms with Crippen LogP contribution in [0.5, 0.6) is 0 Å². The van der Waals surface area contributed by atoms with Gasteiger partial charge >= 0.3 is 5.76 Å². The van der Waals surface area contributed by atoms with Gasteiger partial charge in [0.1, 0.15) is 0 Å². The van der Waals surface area contributed by atoms with Crippen LogP contribution >= 0.6 is 0 Å². The summed E-state index contributed by atoms with van der Waals surface area (Å²) < 4.78 is 6.64. The van der Waals surface area contributed by atoms with Crippen LogP contribution in [-0.2, 0) is 7.05 Å². The SMILES string of the molecule is Cc1ccc(-c2ccc3oc(=O)n(C)c3c2)cc1.N#CCN. The minimum Gasteiger partial charge on any atom is -0.408 e. The van der Waals surface area contributed by atoms with Crippen molar-refractivity contribution in [2.75, 3.05) is 6.54 Å². The molecule has 0 fully saturated rings. The number of hydrogen-bond acceptors (Lipinski definition) is 4. The molecule has 0 saturated carbocycles. The van der Waals surface area contributed by atoms with E-state index in [1.807, 2.05) is 18.2 Å². The summed E-state index contributed by atoms with van der Waals surface area (Å²) >= 11 is 0. The predicted molar refractivity (Wildman–Crippen MR) is 86.3 cm³/mol. The van der Waals surface area contributed by atoms with Gasteiger partial charge in [-0.2, -0.15) is 5.26 Å². The molecule has 2 aromatic carbocycles. The van der Waals surface area contributed by atoms with Crippen LogP contribution in [0.2, 0.25) is 0 Å². The number of fused-ring (bicyclic) bond motifs is 1. The Labute approximate surface area is 128 Å². The summed E-state index contributed by atoms with van der Waals surface area (Å²) in [6, 6.07) is 15.8. The number of aromatic nitrogens is 1. The lowest BCUT2D eigenvalue weighted by Crippen LogP contribution is -2.08. The summed E-state index contributed by atoms with van der Waals surface area (Å²) in [4.78, 5) is 11.4. The lowest BCUT2D eigenvalue weighted by molar-refractivity contribution is 0.528. The van der Waals surface area contributed by atoms with Crippen molar-refractivity contribution in [3.8, 4) is 17.2 Å². The van der Waals surface area contributed by atoms with Gasteiger partial charge in [-0.3, -0.25) is 4.57 Å². The molecule has 1 aromatic heterocycles. The summed E-state index contributed by atoms with van der Waals surface area (Å²) in [6.07, 6.45) is 0. The molecule has 0 bridgehead atoms. The number of nitriles is 1. The first-order chi connectivity index (χ1) is 10.6. The second-order valence-electron chi connectivity index (χ2n) is 4.84. The minimum absolute atomic E-state index is 0.125. The lowest BCUT2D eigenvalue weighted by Gasteiger charge is -2.02. The lowest BCUT2D eigenvalue weighted by atomic mass is 10.0. The van der Waals surface area contributed by atoms with Gasteiger partial charge in [0.2, 0.25) is 0 Å². The zero-order valence-electron chi connectivity index (χ0n) is 12.5. The highest BCUT2D eigenvalue weighted by Crippen LogP contribution is 2.24. The molecular formula is C17H17N3O2. The van der Waals surface area contributed by atoms with Gasteiger partial charge in [-0.15, -0.1) is 0 Å². The van der Waals surface area contributed by atoms with Crippen LogP contribution in [0.15, 0.2) is 51.7 Å². The van der Waals surface area contributed by atoms with E-state index in [0.717, 1.165) is 16.6 Å². The first-order valence-corrected chi connectivity index (χ1v) is 6.80. The number of aryl methyl sites for hydroxylation is 2. The summed E-state index contributed by atoms with van der Waals surface area (Å²) in [6.45, 7) is 2.19. The molecule has 0 saturated heterocycles. The van der Waals surface area contributed by atoms with Crippen molar-refractivity contribution in [3.05, 3.63) is 58.6 Å². The zero-order valence-corrected chi connectivity index (χ0v) is 12.5. The standard InChI is InChI=1S/C15H13NO2.C2H4N2/c1-10-3-5-11(6-4-10)12-7-8-14-13(9-12)16(2)15(17)18-14;3-1-2-4/h3-9H,1-2H3;1,3H2. The molecule has 22 heavy (non-hydrogen) atoms. The largest absolute Gasteiger partial charge is 0.419 e. The Balaban J connectivity index is 0.000000396. The van der Waals surface area contributed by atoms with E-state index in [1.165, 1.54) is 10.1 Å². The van der Waals surface area contributed by atoms with Gasteiger partial charge in [-0.25, -0.2) is 4.79 Å². The molecule has 0 unspecified atom stereocenters. The smallest absolute Gasteiger partial charge is 0.408 e. The van der Waals surface area contributed by atoms with E-state index in [2.05, 4.69) is 36.9 Å². The van der Waals surface area contributed by atoms with Crippen molar-refractivity contribution in [1.82, 2.24) is 4.57 Å². The summed E-state index contributed by atoms with van der Waals surface area (Å²) in [5, 5.41) is 7.50. The fourth-order valence-corrected chi connectivity index (χ4v) is 2.05. The molecule has 0 amide bonds. The highest BCUT2D eigenvalue weighted by atomic mass is 16.4. The number of hydrogen-bond donors (Lipinski definition) is 1. The molecule has 1 heterocycles. The molecule has 0 aliphatic heterocycles. The summed E-state index contributed by atoms with van der Waals surface area (Å²) in [5.41, 5.74) is 9.56. The number of benzene rings is 2. The minimum atomic E-state index is -0.328. The fraction of sp³-hybridized carbons (Fsp3) is 0.176. The van der Waals surface area contributed by atoms with Crippen LogP contribution in [0.25, 0.3) is 22.2 Å². The molecule has 3 rings (SSSR count). The molecule has 5 heteroatoms. The van der Waals surface area contributed by atoms with Gasteiger partial charge in [0, 0.05) is 7.05 Å². The van der Waals surface area contributed by atoms with Gasteiger partial charge in [-0.05, 0) is 30.2 Å². The Bertz CT molecular complexity index is 868. The molecule has 0 aliphatic rings. The summed E-state index contributed by atoms with van der Waals surface area (Å²) in [5.74, 6) is -0.328. The van der Waals surface area contributed by atoms with Gasteiger partial charge < -0.3 is 10.2 Å². The van der Waals surface area contributed by atoms with E-state index in [0.29, 0.717) is 5.58 Å². The molecule has 3 aromatic rings. The number of nitrogens with two attached hydrogens (primary N) is 1. The monoisotopic (exact) mass is 295 g/mol. The van der Waals surface area contributed by atoms with Crippen molar-refractivity contribution in [1.29, 1.82) is 5.26 Å². The number of rotatable bonds is 1. The van der Waals surface area contributed by atoms with E-state index >= 15 is 0 Å². The van der Waals surface area contributed by atoms with E-state index in [9.17, 15) is 4.79 Å². The normalized spacial score (nSPS) is 9.91. The quantitative estimate of drug-likeness (QED) is 0.699. The first-order valence-electron chi connectivity index (χ1n) is 6.80. The number of oxazole rings is 1. The van der Waals surface area contributed by atoms with Gasteiger partial charge in [0.15, 0.2) is 5.58 Å². The van der Waals surface area contributed by atoms with Crippen molar-refractivity contribution in [3.63, 3.8) is 0 Å². The van der Waals surface area contributed by atoms with Crippen molar-refractivity contribution >= 4 is 11.1 Å². The van der Waals surface area contributed by atoms with Crippen molar-refractivity contribution in [2.24, 2.45) is 12.8 Å². The fourth-order valence-electron chi connectivity index (χ4n) is 2.05. The molecule has 112 valence electrons. The van der Waals surface area contributed by atoms with Crippen molar-refractivity contribution in [2.45, 2.75) is 6.92 Å². The van der Waals surface area contributed by atoms with Crippen LogP contribution in [-0.4, -0.2) is 11.1 Å². The molecule has 5 nitrogen and oxygen atoms in total. The van der Waals surface area contributed by atoms with E-state index < -0.39 is 0 Å². The Kier molecular flexibility index (Phi) is 4.77. The molecular weight excluding hydrogens is 278 g/mol. The van der Waals surface area contributed by atoms with E-state index in [4.69, 9.17) is 9.68 Å². The van der Waals surface area contributed by atoms with Gasteiger partial charge in [0.25, 0.3) is 0 Å². The Morgan fingerprint density at radius 2 is 1.77 bits per heavy atom. The van der Waals surface area contributed by atoms with Crippen LogP contribution in [0.4, 0.5) is 0 Å². The molecule has 2 N–H and O–H groups in total. The molecule has 0 atom stereocenters. The van der Waals surface area contributed by atoms with Crippen molar-refractivity contribution < 1.29 is 4.42 Å².